The molecule has 0 aliphatic rings. The monoisotopic (exact) mass is 530 g/mol. The van der Waals surface area contributed by atoms with Gasteiger partial charge in [0.2, 0.25) is 0 Å². The maximum Gasteiger partial charge on any atom is 0.0445 e. The van der Waals surface area contributed by atoms with Crippen molar-refractivity contribution in [2.24, 2.45) is 0 Å². The molecule has 36 heavy (non-hydrogen) atoms. The van der Waals surface area contributed by atoms with E-state index in [0.29, 0.717) is 0 Å². The van der Waals surface area contributed by atoms with Crippen molar-refractivity contribution in [3.8, 4) is 0 Å². The van der Waals surface area contributed by atoms with Crippen molar-refractivity contribution in [1.82, 2.24) is 0 Å². The van der Waals surface area contributed by atoms with Gasteiger partial charge in [-0.2, -0.15) is 0 Å². The third-order valence-electron chi connectivity index (χ3n) is 5.61. The van der Waals surface area contributed by atoms with Crippen molar-refractivity contribution in [3.63, 3.8) is 0 Å². The minimum Gasteiger partial charge on any atom is -0.0840 e. The van der Waals surface area contributed by atoms with Crippen molar-refractivity contribution in [2.45, 2.75) is 107 Å². The summed E-state index contributed by atoms with van der Waals surface area (Å²) in [7, 11) is 0. The van der Waals surface area contributed by atoms with Crippen LogP contribution in [0.2, 0.25) is 10.0 Å². The quantitative estimate of drug-likeness (QED) is 0.271. The van der Waals surface area contributed by atoms with Crippen LogP contribution in [0.15, 0.2) is 66.7 Å². The zero-order valence-electron chi connectivity index (χ0n) is 23.1. The van der Waals surface area contributed by atoms with E-state index in [-0.39, 0.29) is 31.1 Å². The van der Waals surface area contributed by atoms with Gasteiger partial charge >= 0.3 is 0 Å². The Morgan fingerprint density at radius 3 is 1.14 bits per heavy atom. The summed E-state index contributed by atoms with van der Waals surface area (Å²) < 4.78 is 0. The number of rotatable bonds is 0. The molecular weight excluding hydrogens is 479 g/mol. The molecule has 0 saturated carbocycles. The lowest BCUT2D eigenvalue weighted by atomic mass is 9.84. The Bertz CT molecular complexity index is 966. The minimum absolute atomic E-state index is 0. The highest BCUT2D eigenvalue weighted by Gasteiger charge is 2.19. The molecule has 0 bridgehead atoms. The van der Waals surface area contributed by atoms with E-state index in [9.17, 15) is 0 Å². The van der Waals surface area contributed by atoms with E-state index in [2.05, 4.69) is 113 Å². The fourth-order valence-electron chi connectivity index (χ4n) is 4.07. The summed E-state index contributed by atoms with van der Waals surface area (Å²) in [6.45, 7) is 24.0. The van der Waals surface area contributed by atoms with Crippen LogP contribution < -0.4 is 0 Å². The molecule has 0 N–H and O–H groups in total. The molecule has 3 aromatic rings. The van der Waals surface area contributed by atoms with E-state index in [0.717, 1.165) is 10.0 Å². The smallest absolute Gasteiger partial charge is 0.0445 e. The van der Waals surface area contributed by atoms with Gasteiger partial charge in [-0.25, -0.2) is 0 Å². The van der Waals surface area contributed by atoms with Crippen LogP contribution in [0.25, 0.3) is 0 Å². The Hall–Kier alpha value is -1.76. The van der Waals surface area contributed by atoms with Gasteiger partial charge in [0.15, 0.2) is 0 Å². The van der Waals surface area contributed by atoms with Gasteiger partial charge < -0.3 is 0 Å². The van der Waals surface area contributed by atoms with Crippen molar-refractivity contribution >= 4 is 23.2 Å². The van der Waals surface area contributed by atoms with E-state index in [1.165, 1.54) is 27.8 Å². The summed E-state index contributed by atoms with van der Waals surface area (Å²) in [4.78, 5) is 0. The molecule has 0 aromatic heterocycles. The number of aryl methyl sites for hydroxylation is 2. The van der Waals surface area contributed by atoms with E-state index < -0.39 is 0 Å². The minimum atomic E-state index is 0. The van der Waals surface area contributed by atoms with Gasteiger partial charge in [-0.3, -0.25) is 0 Å². The van der Waals surface area contributed by atoms with Crippen molar-refractivity contribution in [2.75, 3.05) is 0 Å². The summed E-state index contributed by atoms with van der Waals surface area (Å²) in [5.41, 5.74) is 7.15. The lowest BCUT2D eigenvalue weighted by Gasteiger charge is -2.22. The first-order valence-electron chi connectivity index (χ1n) is 12.0. The van der Waals surface area contributed by atoms with Crippen LogP contribution in [0.5, 0.6) is 0 Å². The summed E-state index contributed by atoms with van der Waals surface area (Å²) in [5, 5.41) is 1.74. The molecule has 0 aliphatic carbocycles. The molecule has 0 amide bonds. The van der Waals surface area contributed by atoms with Gasteiger partial charge in [-0.1, -0.05) is 155 Å². The van der Waals surface area contributed by atoms with Crippen LogP contribution in [-0.4, -0.2) is 0 Å². The molecule has 3 aromatic carbocycles. The molecule has 0 atom stereocenters. The normalized spacial score (nSPS) is 11.0. The standard InChI is InChI=1S/C11H15Cl.C11H16.C10H13Cl.2CH4/c1-8-6-5-7-9(12)10(8)11(2,3)4;1-9-7-5-6-8-10(9)11(2,3)4;1-10(2,3)8-6-4-5-7-9(8)11;;/h5-7H,1-4H3;5-8H,1-4H3;4-7H,1-3H3;2*1H4. The maximum absolute atomic E-state index is 6.11. The van der Waals surface area contributed by atoms with Gasteiger partial charge in [-0.05, 0) is 70.0 Å². The average Bonchev–Trinajstić information content (AvgIpc) is 2.67. The maximum atomic E-state index is 6.11. The summed E-state index contributed by atoms with van der Waals surface area (Å²) in [6.07, 6.45) is 0. The third kappa shape index (κ3) is 11.5. The topological polar surface area (TPSA) is 0 Å². The molecule has 2 heteroatoms. The molecule has 202 valence electrons. The Morgan fingerprint density at radius 1 is 0.444 bits per heavy atom. The molecule has 0 nitrogen and oxygen atoms in total. The van der Waals surface area contributed by atoms with E-state index in [4.69, 9.17) is 23.2 Å². The number of hydrogen-bond donors (Lipinski definition) is 0. The lowest BCUT2D eigenvalue weighted by Crippen LogP contribution is -2.13. The number of hydrogen-bond acceptors (Lipinski definition) is 0. The van der Waals surface area contributed by atoms with Gasteiger partial charge in [-0.15, -0.1) is 0 Å². The fourth-order valence-corrected chi connectivity index (χ4v) is 4.99. The number of halogens is 2. The van der Waals surface area contributed by atoms with Crippen LogP contribution in [0.4, 0.5) is 0 Å². The highest BCUT2D eigenvalue weighted by atomic mass is 35.5. The van der Waals surface area contributed by atoms with Crippen LogP contribution in [0.1, 0.15) is 105 Å². The van der Waals surface area contributed by atoms with Crippen molar-refractivity contribution < 1.29 is 0 Å². The van der Waals surface area contributed by atoms with Crippen molar-refractivity contribution in [3.05, 3.63) is 105 Å². The van der Waals surface area contributed by atoms with Gasteiger partial charge in [0, 0.05) is 10.0 Å². The van der Waals surface area contributed by atoms with Gasteiger partial charge in [0.1, 0.15) is 0 Å². The summed E-state index contributed by atoms with van der Waals surface area (Å²) in [6, 6.07) is 22.6. The Kier molecular flexibility index (Phi) is 15.0. The van der Waals surface area contributed by atoms with E-state index in [1.807, 2.05) is 30.3 Å². The van der Waals surface area contributed by atoms with Crippen LogP contribution in [0.3, 0.4) is 0 Å². The van der Waals surface area contributed by atoms with Crippen LogP contribution in [0, 0.1) is 13.8 Å². The van der Waals surface area contributed by atoms with Crippen LogP contribution in [-0.2, 0) is 16.2 Å². The molecule has 0 saturated heterocycles. The Balaban J connectivity index is 0. The Labute approximate surface area is 234 Å². The van der Waals surface area contributed by atoms with E-state index >= 15 is 0 Å². The average molecular weight is 532 g/mol. The predicted octanol–water partition coefficient (Wildman–Crippen LogP) is 12.1. The highest BCUT2D eigenvalue weighted by Crippen LogP contribution is 2.32. The first-order chi connectivity index (χ1) is 15.5. The predicted molar refractivity (Wildman–Crippen MR) is 168 cm³/mol. The van der Waals surface area contributed by atoms with E-state index in [1.54, 1.807) is 0 Å². The van der Waals surface area contributed by atoms with Gasteiger partial charge in [0.05, 0.1) is 0 Å². The lowest BCUT2D eigenvalue weighted by molar-refractivity contribution is 0.586. The SMILES string of the molecule is C.C.CC(C)(C)c1ccccc1Cl.Cc1cccc(Cl)c1C(C)(C)C.Cc1ccccc1C(C)(C)C. The second kappa shape index (κ2) is 14.8. The molecule has 0 spiro atoms. The molecule has 0 unspecified atom stereocenters. The highest BCUT2D eigenvalue weighted by molar-refractivity contribution is 6.31. The fraction of sp³-hybridized carbons (Fsp3) is 0.471. The van der Waals surface area contributed by atoms with Gasteiger partial charge in [0.25, 0.3) is 0 Å². The Morgan fingerprint density at radius 2 is 0.833 bits per heavy atom. The second-order valence-electron chi connectivity index (χ2n) is 12.0. The zero-order chi connectivity index (χ0) is 26.3. The third-order valence-corrected chi connectivity index (χ3v) is 6.25. The molecule has 3 rings (SSSR count). The van der Waals surface area contributed by atoms with Crippen LogP contribution >= 0.6 is 23.2 Å². The molecule has 0 radical (unpaired) electrons. The first-order valence-corrected chi connectivity index (χ1v) is 12.8. The number of benzene rings is 3. The molecule has 0 aliphatic heterocycles. The largest absolute Gasteiger partial charge is 0.0840 e. The van der Waals surface area contributed by atoms with Crippen molar-refractivity contribution in [1.29, 1.82) is 0 Å². The second-order valence-corrected chi connectivity index (χ2v) is 12.8. The summed E-state index contributed by atoms with van der Waals surface area (Å²) in [5.74, 6) is 0. The zero-order valence-corrected chi connectivity index (χ0v) is 24.6. The molecule has 0 fully saturated rings. The summed E-state index contributed by atoms with van der Waals surface area (Å²) >= 11 is 12.1. The molecular formula is C34H52Cl2. The molecule has 0 heterocycles. The first kappa shape index (κ1) is 36.4.